The summed E-state index contributed by atoms with van der Waals surface area (Å²) in [4.78, 5) is 12.3. The highest BCUT2D eigenvalue weighted by Crippen LogP contribution is 2.41. The minimum atomic E-state index is -0.484. The molecule has 0 aromatic rings. The van der Waals surface area contributed by atoms with E-state index in [0.717, 1.165) is 35.1 Å². The lowest BCUT2D eigenvalue weighted by atomic mass is 9.70. The van der Waals surface area contributed by atoms with Crippen LogP contribution in [0.5, 0.6) is 0 Å². The van der Waals surface area contributed by atoms with Crippen LogP contribution < -0.4 is 0 Å². The van der Waals surface area contributed by atoms with E-state index in [1.165, 1.54) is 22.3 Å². The number of ketones is 1. The second-order valence-corrected chi connectivity index (χ2v) is 12.8. The molecule has 0 aliphatic heterocycles. The summed E-state index contributed by atoms with van der Waals surface area (Å²) >= 11 is 0. The Hall–Kier alpha value is -3.49. The van der Waals surface area contributed by atoms with Gasteiger partial charge in [0.2, 0.25) is 0 Å². The molecule has 224 valence electrons. The third-order valence-electron chi connectivity index (χ3n) is 8.27. The molecule has 0 saturated heterocycles. The third-order valence-corrected chi connectivity index (χ3v) is 8.27. The highest BCUT2D eigenvalue weighted by Gasteiger charge is 2.35. The molecule has 2 aliphatic carbocycles. The second-order valence-electron chi connectivity index (χ2n) is 12.8. The fourth-order valence-electron chi connectivity index (χ4n) is 5.17. The van der Waals surface area contributed by atoms with Crippen molar-refractivity contribution in [1.82, 2.24) is 0 Å². The van der Waals surface area contributed by atoms with Gasteiger partial charge in [-0.15, -0.1) is 0 Å². The maximum absolute atomic E-state index is 12.3. The number of allylic oxidation sites excluding steroid dienone is 23. The second kappa shape index (κ2) is 15.7. The number of aliphatic hydroxyl groups excluding tert-OH is 1. The summed E-state index contributed by atoms with van der Waals surface area (Å²) in [5, 5.41) is 10.4. The van der Waals surface area contributed by atoms with Crippen LogP contribution in [-0.2, 0) is 4.79 Å². The predicted octanol–water partition coefficient (Wildman–Crippen LogP) is 10.5. The Morgan fingerprint density at radius 3 is 1.69 bits per heavy atom. The van der Waals surface area contributed by atoms with Crippen LogP contribution in [0.4, 0.5) is 0 Å². The molecule has 2 heteroatoms. The van der Waals surface area contributed by atoms with E-state index in [4.69, 9.17) is 0 Å². The largest absolute Gasteiger partial charge is 0.392 e. The fourth-order valence-corrected chi connectivity index (χ4v) is 5.17. The van der Waals surface area contributed by atoms with E-state index in [0.29, 0.717) is 0 Å². The minimum Gasteiger partial charge on any atom is -0.392 e. The topological polar surface area (TPSA) is 37.3 Å². The first-order chi connectivity index (χ1) is 19.7. The van der Waals surface area contributed by atoms with Crippen LogP contribution in [0.3, 0.4) is 0 Å². The summed E-state index contributed by atoms with van der Waals surface area (Å²) in [6.07, 6.45) is 34.4. The maximum atomic E-state index is 12.3. The molecule has 0 amide bonds. The van der Waals surface area contributed by atoms with Gasteiger partial charge in [0.05, 0.1) is 11.5 Å². The summed E-state index contributed by atoms with van der Waals surface area (Å²) in [5.41, 5.74) is 8.78. The standard InChI is InChI=1S/C40H52O2/c1-29(17-13-19-31(3)21-25-35-33(5)23-27-37(41)39(35,7)8)15-11-12-16-30(2)18-14-20-32(4)22-26-36-34(6)24-28-38(42)40(36,9)10/h11-23,25-27,38,42H,24,28H2,1-10H3/b12-11+,17-13+,18-14+,25-21+,26-22+,29-15+,30-16+,31-19+,32-20+. The Morgan fingerprint density at radius 2 is 1.17 bits per heavy atom. The van der Waals surface area contributed by atoms with Gasteiger partial charge in [0.25, 0.3) is 0 Å². The summed E-state index contributed by atoms with van der Waals surface area (Å²) < 4.78 is 0. The van der Waals surface area contributed by atoms with Crippen molar-refractivity contribution in [2.75, 3.05) is 0 Å². The van der Waals surface area contributed by atoms with Gasteiger partial charge in [0.1, 0.15) is 0 Å². The minimum absolute atomic E-state index is 0.147. The Morgan fingerprint density at radius 1 is 0.714 bits per heavy atom. The molecule has 0 spiro atoms. The van der Waals surface area contributed by atoms with Crippen molar-refractivity contribution in [3.05, 3.63) is 142 Å². The van der Waals surface area contributed by atoms with Crippen LogP contribution in [0.25, 0.3) is 0 Å². The highest BCUT2D eigenvalue weighted by atomic mass is 16.3. The Bertz CT molecular complexity index is 1380. The third kappa shape index (κ3) is 10.1. The van der Waals surface area contributed by atoms with Crippen molar-refractivity contribution in [2.24, 2.45) is 10.8 Å². The number of hydrogen-bond donors (Lipinski definition) is 1. The van der Waals surface area contributed by atoms with Crippen molar-refractivity contribution < 1.29 is 9.90 Å². The van der Waals surface area contributed by atoms with E-state index >= 15 is 0 Å². The van der Waals surface area contributed by atoms with Gasteiger partial charge in [0, 0.05) is 5.41 Å². The molecule has 2 nitrogen and oxygen atoms in total. The van der Waals surface area contributed by atoms with Crippen LogP contribution in [0, 0.1) is 10.8 Å². The van der Waals surface area contributed by atoms with E-state index < -0.39 is 5.41 Å². The van der Waals surface area contributed by atoms with Gasteiger partial charge in [-0.1, -0.05) is 133 Å². The molecular weight excluding hydrogens is 512 g/mol. The fraction of sp³-hybridized carbons (Fsp3) is 0.375. The molecule has 2 aliphatic rings. The van der Waals surface area contributed by atoms with Gasteiger partial charge in [0.15, 0.2) is 5.78 Å². The van der Waals surface area contributed by atoms with Crippen LogP contribution >= 0.6 is 0 Å². The van der Waals surface area contributed by atoms with Crippen LogP contribution in [0.15, 0.2) is 142 Å². The first-order valence-electron chi connectivity index (χ1n) is 15.1. The van der Waals surface area contributed by atoms with Gasteiger partial charge in [-0.2, -0.15) is 0 Å². The molecule has 0 saturated carbocycles. The predicted molar refractivity (Wildman–Crippen MR) is 183 cm³/mol. The number of hydrogen-bond acceptors (Lipinski definition) is 2. The maximum Gasteiger partial charge on any atom is 0.165 e. The smallest absolute Gasteiger partial charge is 0.165 e. The van der Waals surface area contributed by atoms with Crippen molar-refractivity contribution in [2.45, 2.75) is 88.2 Å². The van der Waals surface area contributed by atoms with Crippen molar-refractivity contribution in [3.8, 4) is 0 Å². The monoisotopic (exact) mass is 564 g/mol. The van der Waals surface area contributed by atoms with Crippen LogP contribution in [-0.4, -0.2) is 17.0 Å². The molecular formula is C40H52O2. The molecule has 2 rings (SSSR count). The SMILES string of the molecule is CC1=C(/C=C/C(C)=C/C=C/C(C)=C/C=C/C=C(C)/C=C/C=C(C)/C=C/C2=C(C)CCC(O)C2(C)C)C(C)(C)C(=O)C=C1. The lowest BCUT2D eigenvalue weighted by molar-refractivity contribution is -0.120. The van der Waals surface area contributed by atoms with Gasteiger partial charge < -0.3 is 5.11 Å². The molecule has 0 aromatic carbocycles. The molecule has 1 unspecified atom stereocenters. The van der Waals surface area contributed by atoms with Gasteiger partial charge in [-0.3, -0.25) is 4.79 Å². The number of aliphatic hydroxyl groups is 1. The summed E-state index contributed by atoms with van der Waals surface area (Å²) in [6, 6.07) is 0. The molecule has 42 heavy (non-hydrogen) atoms. The van der Waals surface area contributed by atoms with Crippen LogP contribution in [0.1, 0.15) is 82.1 Å². The molecule has 0 bridgehead atoms. The normalized spacial score (nSPS) is 22.9. The van der Waals surface area contributed by atoms with E-state index in [9.17, 15) is 9.90 Å². The zero-order chi connectivity index (χ0) is 31.5. The van der Waals surface area contributed by atoms with E-state index in [1.807, 2.05) is 19.9 Å². The lowest BCUT2D eigenvalue weighted by Crippen LogP contribution is -2.34. The number of rotatable bonds is 10. The molecule has 1 N–H and O–H groups in total. The van der Waals surface area contributed by atoms with Crippen molar-refractivity contribution in [1.29, 1.82) is 0 Å². The van der Waals surface area contributed by atoms with Crippen molar-refractivity contribution in [3.63, 3.8) is 0 Å². The average molecular weight is 565 g/mol. The van der Waals surface area contributed by atoms with Crippen molar-refractivity contribution >= 4 is 5.78 Å². The first kappa shape index (κ1) is 34.7. The van der Waals surface area contributed by atoms with Gasteiger partial charge in [-0.05, 0) is 91.0 Å². The zero-order valence-corrected chi connectivity index (χ0v) is 27.6. The average Bonchev–Trinajstić information content (AvgIpc) is 2.91. The van der Waals surface area contributed by atoms with E-state index in [1.54, 1.807) is 6.08 Å². The highest BCUT2D eigenvalue weighted by molar-refractivity contribution is 5.99. The van der Waals surface area contributed by atoms with Gasteiger partial charge in [-0.25, -0.2) is 0 Å². The number of carbonyl (C=O) groups excluding carboxylic acids is 1. The molecule has 1 atom stereocenters. The number of carbonyl (C=O) groups is 1. The Kier molecular flexibility index (Phi) is 12.9. The Labute approximate surface area is 256 Å². The quantitative estimate of drug-likeness (QED) is 0.268. The van der Waals surface area contributed by atoms with E-state index in [-0.39, 0.29) is 17.3 Å². The summed E-state index contributed by atoms with van der Waals surface area (Å²) in [6.45, 7) is 20.8. The molecule has 0 fully saturated rings. The first-order valence-corrected chi connectivity index (χ1v) is 15.1. The molecule has 0 radical (unpaired) electrons. The lowest BCUT2D eigenvalue weighted by Gasteiger charge is -2.37. The summed E-state index contributed by atoms with van der Waals surface area (Å²) in [5.74, 6) is 0.147. The van der Waals surface area contributed by atoms with Crippen LogP contribution in [0.2, 0.25) is 0 Å². The zero-order valence-electron chi connectivity index (χ0n) is 27.6. The van der Waals surface area contributed by atoms with E-state index in [2.05, 4.69) is 140 Å². The molecule has 0 heterocycles. The summed E-state index contributed by atoms with van der Waals surface area (Å²) in [7, 11) is 0. The Balaban J connectivity index is 1.92. The molecule has 0 aromatic heterocycles. The van der Waals surface area contributed by atoms with Gasteiger partial charge >= 0.3 is 0 Å².